The van der Waals surface area contributed by atoms with Crippen LogP contribution in [0, 0.1) is 5.82 Å². The molecule has 1 aromatic carbocycles. The molecule has 0 spiro atoms. The molecule has 0 saturated carbocycles. The number of nitrogens with two attached hydrogens (primary N) is 1. The van der Waals surface area contributed by atoms with Crippen molar-refractivity contribution in [2.45, 2.75) is 12.5 Å². The van der Waals surface area contributed by atoms with E-state index in [-0.39, 0.29) is 11.1 Å². The molecule has 2 N–H and O–H groups in total. The van der Waals surface area contributed by atoms with Crippen LogP contribution in [0.3, 0.4) is 0 Å². The lowest BCUT2D eigenvalue weighted by Crippen LogP contribution is -2.15. The van der Waals surface area contributed by atoms with E-state index in [1.54, 1.807) is 12.1 Å². The number of hydrogen-bond acceptors (Lipinski definition) is 4. The first-order chi connectivity index (χ1) is 9.10. The van der Waals surface area contributed by atoms with Gasteiger partial charge in [-0.2, -0.15) is 0 Å². The molecule has 100 valence electrons. The van der Waals surface area contributed by atoms with Crippen molar-refractivity contribution in [2.24, 2.45) is 5.73 Å². The lowest BCUT2D eigenvalue weighted by atomic mass is 10.0. The molecule has 0 amide bonds. The Morgan fingerprint density at radius 1 is 1.37 bits per heavy atom. The largest absolute Gasteiger partial charge is 0.481 e. The topological polar surface area (TPSA) is 61.0 Å². The minimum atomic E-state index is -0.452. The van der Waals surface area contributed by atoms with Gasteiger partial charge in [0.05, 0.1) is 23.9 Å². The number of rotatable bonds is 4. The minimum Gasteiger partial charge on any atom is -0.481 e. The van der Waals surface area contributed by atoms with E-state index in [1.807, 2.05) is 0 Å². The molecule has 0 aliphatic rings. The summed E-state index contributed by atoms with van der Waals surface area (Å²) in [4.78, 5) is 7.99. The van der Waals surface area contributed by atoms with Crippen molar-refractivity contribution in [2.75, 3.05) is 7.11 Å². The second-order valence-electron chi connectivity index (χ2n) is 4.04. The number of methoxy groups -OCH3 is 1. The van der Waals surface area contributed by atoms with E-state index in [2.05, 4.69) is 9.97 Å². The molecule has 0 radical (unpaired) electrons. The van der Waals surface area contributed by atoms with Gasteiger partial charge < -0.3 is 10.5 Å². The Labute approximate surface area is 115 Å². The highest BCUT2D eigenvalue weighted by Gasteiger charge is 2.11. The van der Waals surface area contributed by atoms with Crippen LogP contribution in [0.15, 0.2) is 30.6 Å². The zero-order valence-electron chi connectivity index (χ0n) is 10.3. The first-order valence-electron chi connectivity index (χ1n) is 5.65. The van der Waals surface area contributed by atoms with Crippen LogP contribution in [-0.2, 0) is 6.42 Å². The van der Waals surface area contributed by atoms with Crippen LogP contribution in [0.25, 0.3) is 0 Å². The van der Waals surface area contributed by atoms with Gasteiger partial charge in [0.25, 0.3) is 0 Å². The maximum Gasteiger partial charge on any atom is 0.216 e. The van der Waals surface area contributed by atoms with Gasteiger partial charge in [-0.1, -0.05) is 17.7 Å². The molecule has 1 aromatic heterocycles. The number of benzene rings is 1. The van der Waals surface area contributed by atoms with Crippen molar-refractivity contribution in [3.05, 3.63) is 52.7 Å². The summed E-state index contributed by atoms with van der Waals surface area (Å²) in [5.41, 5.74) is 7.43. The summed E-state index contributed by atoms with van der Waals surface area (Å²) in [6.45, 7) is 0. The average molecular weight is 282 g/mol. The van der Waals surface area contributed by atoms with E-state index in [4.69, 9.17) is 22.1 Å². The highest BCUT2D eigenvalue weighted by molar-refractivity contribution is 6.30. The van der Waals surface area contributed by atoms with Gasteiger partial charge in [-0.25, -0.2) is 14.4 Å². The Balaban J connectivity index is 2.15. The highest BCUT2D eigenvalue weighted by Crippen LogP contribution is 2.20. The summed E-state index contributed by atoms with van der Waals surface area (Å²) in [6, 6.07) is 5.93. The maximum absolute atomic E-state index is 13.3. The Hall–Kier alpha value is -1.72. The number of nitrogens with zero attached hydrogens (tertiary/aromatic N) is 2. The Bertz CT molecular complexity index is 580. The van der Waals surface area contributed by atoms with Crippen LogP contribution in [0.1, 0.15) is 17.3 Å². The molecule has 19 heavy (non-hydrogen) atoms. The number of hydrogen-bond donors (Lipinski definition) is 1. The van der Waals surface area contributed by atoms with Gasteiger partial charge in [0.2, 0.25) is 5.88 Å². The predicted molar refractivity (Wildman–Crippen MR) is 70.6 cm³/mol. The van der Waals surface area contributed by atoms with Crippen LogP contribution in [0.2, 0.25) is 5.02 Å². The molecule has 1 atom stereocenters. The Morgan fingerprint density at radius 3 is 2.84 bits per heavy atom. The molecule has 6 heteroatoms. The molecular weight excluding hydrogens is 269 g/mol. The van der Waals surface area contributed by atoms with Crippen molar-refractivity contribution in [1.82, 2.24) is 9.97 Å². The van der Waals surface area contributed by atoms with Gasteiger partial charge in [0, 0.05) is 6.07 Å². The van der Waals surface area contributed by atoms with Crippen molar-refractivity contribution in [3.63, 3.8) is 0 Å². The summed E-state index contributed by atoms with van der Waals surface area (Å²) >= 11 is 5.63. The zero-order chi connectivity index (χ0) is 13.8. The average Bonchev–Trinajstić information content (AvgIpc) is 2.43. The van der Waals surface area contributed by atoms with Gasteiger partial charge in [-0.15, -0.1) is 0 Å². The molecular formula is C13H13ClFN3O. The standard InChI is InChI=1S/C13H13ClFN3O/c1-19-13-6-12(17-7-18-13)11(16)5-8-2-3-9(14)10(15)4-8/h2-4,6-7,11H,5,16H2,1H3. The molecule has 0 aliphatic carbocycles. The van der Waals surface area contributed by atoms with Gasteiger partial charge in [-0.3, -0.25) is 0 Å². The van der Waals surface area contributed by atoms with E-state index in [1.165, 1.54) is 25.6 Å². The summed E-state index contributed by atoms with van der Waals surface area (Å²) in [7, 11) is 1.52. The Kier molecular flexibility index (Phi) is 4.29. The van der Waals surface area contributed by atoms with E-state index < -0.39 is 5.82 Å². The van der Waals surface area contributed by atoms with Gasteiger partial charge >= 0.3 is 0 Å². The van der Waals surface area contributed by atoms with Crippen LogP contribution < -0.4 is 10.5 Å². The molecule has 2 rings (SSSR count). The minimum absolute atomic E-state index is 0.0982. The zero-order valence-corrected chi connectivity index (χ0v) is 11.1. The predicted octanol–water partition coefficient (Wildman–Crippen LogP) is 2.52. The highest BCUT2D eigenvalue weighted by atomic mass is 35.5. The third-order valence-electron chi connectivity index (χ3n) is 2.69. The molecule has 1 unspecified atom stereocenters. The smallest absolute Gasteiger partial charge is 0.216 e. The molecule has 0 bridgehead atoms. The third kappa shape index (κ3) is 3.39. The molecule has 4 nitrogen and oxygen atoms in total. The van der Waals surface area contributed by atoms with Crippen LogP contribution in [0.5, 0.6) is 5.88 Å². The maximum atomic E-state index is 13.3. The summed E-state index contributed by atoms with van der Waals surface area (Å²) in [6.07, 6.45) is 1.84. The fraction of sp³-hybridized carbons (Fsp3) is 0.231. The van der Waals surface area contributed by atoms with Crippen LogP contribution in [-0.4, -0.2) is 17.1 Å². The number of halogens is 2. The van der Waals surface area contributed by atoms with Gasteiger partial charge in [0.15, 0.2) is 0 Å². The molecule has 0 aliphatic heterocycles. The molecule has 1 heterocycles. The van der Waals surface area contributed by atoms with E-state index in [0.29, 0.717) is 18.0 Å². The third-order valence-corrected chi connectivity index (χ3v) is 3.00. The lowest BCUT2D eigenvalue weighted by molar-refractivity contribution is 0.395. The number of ether oxygens (including phenoxy) is 1. The normalized spacial score (nSPS) is 12.2. The van der Waals surface area contributed by atoms with E-state index in [0.717, 1.165) is 5.56 Å². The van der Waals surface area contributed by atoms with Crippen LogP contribution >= 0.6 is 11.6 Å². The summed E-state index contributed by atoms with van der Waals surface area (Å²) in [5, 5.41) is 0.0982. The van der Waals surface area contributed by atoms with Crippen LogP contribution in [0.4, 0.5) is 4.39 Å². The van der Waals surface area contributed by atoms with Crippen molar-refractivity contribution in [1.29, 1.82) is 0 Å². The fourth-order valence-corrected chi connectivity index (χ4v) is 1.81. The quantitative estimate of drug-likeness (QED) is 0.935. The molecule has 2 aromatic rings. The summed E-state index contributed by atoms with van der Waals surface area (Å²) < 4.78 is 18.3. The Morgan fingerprint density at radius 2 is 2.16 bits per heavy atom. The summed E-state index contributed by atoms with van der Waals surface area (Å²) in [5.74, 6) is -0.00521. The van der Waals surface area contributed by atoms with Crippen molar-refractivity contribution < 1.29 is 9.13 Å². The van der Waals surface area contributed by atoms with E-state index in [9.17, 15) is 4.39 Å². The first kappa shape index (κ1) is 13.7. The number of aromatic nitrogens is 2. The molecule has 0 saturated heterocycles. The second kappa shape index (κ2) is 5.95. The van der Waals surface area contributed by atoms with Crippen molar-refractivity contribution >= 4 is 11.6 Å². The van der Waals surface area contributed by atoms with Gasteiger partial charge in [-0.05, 0) is 24.1 Å². The second-order valence-corrected chi connectivity index (χ2v) is 4.45. The fourth-order valence-electron chi connectivity index (χ4n) is 1.69. The monoisotopic (exact) mass is 281 g/mol. The van der Waals surface area contributed by atoms with E-state index >= 15 is 0 Å². The van der Waals surface area contributed by atoms with Crippen molar-refractivity contribution in [3.8, 4) is 5.88 Å². The molecule has 0 fully saturated rings. The van der Waals surface area contributed by atoms with Gasteiger partial charge in [0.1, 0.15) is 12.1 Å². The first-order valence-corrected chi connectivity index (χ1v) is 6.03. The lowest BCUT2D eigenvalue weighted by Gasteiger charge is -2.12. The SMILES string of the molecule is COc1cc(C(N)Cc2ccc(Cl)c(F)c2)ncn1.